The quantitative estimate of drug-likeness (QED) is 0.917. The van der Waals surface area contributed by atoms with Gasteiger partial charge in [-0.05, 0) is 25.1 Å². The van der Waals surface area contributed by atoms with Crippen molar-refractivity contribution in [3.8, 4) is 0 Å². The van der Waals surface area contributed by atoms with Crippen LogP contribution in [0.1, 0.15) is 6.42 Å². The van der Waals surface area contributed by atoms with Gasteiger partial charge in [-0.2, -0.15) is 0 Å². The summed E-state index contributed by atoms with van der Waals surface area (Å²) in [4.78, 5) is 7.22. The van der Waals surface area contributed by atoms with Gasteiger partial charge >= 0.3 is 0 Å². The number of methoxy groups -OCH3 is 1. The molecule has 0 spiro atoms. The van der Waals surface area contributed by atoms with E-state index in [0.717, 1.165) is 50.6 Å². The van der Waals surface area contributed by atoms with Crippen molar-refractivity contribution in [1.29, 1.82) is 0 Å². The second-order valence-electron chi connectivity index (χ2n) is 5.14. The molecule has 1 aliphatic rings. The summed E-state index contributed by atoms with van der Waals surface area (Å²) in [6.07, 6.45) is 1.16. The SMILES string of the molecule is COCCn1c(N2CCCNCC2)nc2ccccc21. The van der Waals surface area contributed by atoms with E-state index in [4.69, 9.17) is 9.72 Å². The second kappa shape index (κ2) is 6.24. The number of ether oxygens (including phenoxy) is 1. The number of aromatic nitrogens is 2. The van der Waals surface area contributed by atoms with Crippen molar-refractivity contribution in [2.24, 2.45) is 0 Å². The highest BCUT2D eigenvalue weighted by atomic mass is 16.5. The molecule has 1 fully saturated rings. The topological polar surface area (TPSA) is 42.3 Å². The predicted octanol–water partition coefficient (Wildman–Crippen LogP) is 1.48. The van der Waals surface area contributed by atoms with Crippen LogP contribution in [-0.4, -0.2) is 49.4 Å². The highest BCUT2D eigenvalue weighted by molar-refractivity contribution is 5.78. The molecule has 0 saturated carbocycles. The second-order valence-corrected chi connectivity index (χ2v) is 5.14. The minimum absolute atomic E-state index is 0.708. The molecule has 0 bridgehead atoms. The molecule has 1 aliphatic heterocycles. The monoisotopic (exact) mass is 274 g/mol. The van der Waals surface area contributed by atoms with Crippen LogP contribution in [0.5, 0.6) is 0 Å². The first-order valence-corrected chi connectivity index (χ1v) is 7.30. The van der Waals surface area contributed by atoms with E-state index in [2.05, 4.69) is 33.0 Å². The zero-order chi connectivity index (χ0) is 13.8. The van der Waals surface area contributed by atoms with E-state index >= 15 is 0 Å². The van der Waals surface area contributed by atoms with E-state index in [-0.39, 0.29) is 0 Å². The van der Waals surface area contributed by atoms with Crippen molar-refractivity contribution in [1.82, 2.24) is 14.9 Å². The maximum Gasteiger partial charge on any atom is 0.206 e. The number of hydrogen-bond donors (Lipinski definition) is 1. The first kappa shape index (κ1) is 13.4. The van der Waals surface area contributed by atoms with E-state index in [1.54, 1.807) is 7.11 Å². The van der Waals surface area contributed by atoms with E-state index in [9.17, 15) is 0 Å². The molecule has 5 heteroatoms. The molecule has 20 heavy (non-hydrogen) atoms. The molecule has 2 heterocycles. The molecule has 0 aliphatic carbocycles. The van der Waals surface area contributed by atoms with E-state index in [0.29, 0.717) is 6.61 Å². The molecule has 0 atom stereocenters. The Hall–Kier alpha value is -1.59. The fourth-order valence-electron chi connectivity index (χ4n) is 2.75. The molecule has 0 unspecified atom stereocenters. The molecule has 3 rings (SSSR count). The molecule has 1 aromatic carbocycles. The van der Waals surface area contributed by atoms with E-state index in [1.807, 2.05) is 6.07 Å². The normalized spacial score (nSPS) is 16.6. The number of imidazole rings is 1. The van der Waals surface area contributed by atoms with Crippen molar-refractivity contribution < 1.29 is 4.74 Å². The summed E-state index contributed by atoms with van der Waals surface area (Å²) in [6, 6.07) is 8.33. The maximum atomic E-state index is 5.25. The Labute approximate surface area is 119 Å². The van der Waals surface area contributed by atoms with Crippen molar-refractivity contribution in [2.75, 3.05) is 44.8 Å². The molecule has 1 aromatic heterocycles. The number of nitrogens with one attached hydrogen (secondary N) is 1. The Balaban J connectivity index is 1.98. The van der Waals surface area contributed by atoms with Gasteiger partial charge in [0.1, 0.15) is 0 Å². The molecule has 2 aromatic rings. The minimum Gasteiger partial charge on any atom is -0.383 e. The van der Waals surface area contributed by atoms with E-state index < -0.39 is 0 Å². The zero-order valence-corrected chi connectivity index (χ0v) is 12.0. The zero-order valence-electron chi connectivity index (χ0n) is 12.0. The van der Waals surface area contributed by atoms with Crippen LogP contribution in [0.4, 0.5) is 5.95 Å². The Bertz CT molecular complexity index is 558. The molecule has 108 valence electrons. The molecular weight excluding hydrogens is 252 g/mol. The molecule has 5 nitrogen and oxygen atoms in total. The summed E-state index contributed by atoms with van der Waals surface area (Å²) in [5.41, 5.74) is 2.26. The average molecular weight is 274 g/mol. The lowest BCUT2D eigenvalue weighted by molar-refractivity contribution is 0.188. The molecule has 1 N–H and O–H groups in total. The van der Waals surface area contributed by atoms with Crippen molar-refractivity contribution in [3.63, 3.8) is 0 Å². The van der Waals surface area contributed by atoms with Crippen LogP contribution in [0.3, 0.4) is 0 Å². The third-order valence-corrected chi connectivity index (χ3v) is 3.78. The van der Waals surface area contributed by atoms with Gasteiger partial charge in [-0.15, -0.1) is 0 Å². The van der Waals surface area contributed by atoms with Gasteiger partial charge in [-0.25, -0.2) is 4.98 Å². The summed E-state index contributed by atoms with van der Waals surface area (Å²) in [5.74, 6) is 1.08. The molecular formula is C15H22N4O. The number of anilines is 1. The van der Waals surface area contributed by atoms with Gasteiger partial charge in [0.15, 0.2) is 0 Å². The van der Waals surface area contributed by atoms with Gasteiger partial charge in [0.05, 0.1) is 17.6 Å². The van der Waals surface area contributed by atoms with E-state index in [1.165, 1.54) is 5.52 Å². The Morgan fingerprint density at radius 3 is 3.05 bits per heavy atom. The fourth-order valence-corrected chi connectivity index (χ4v) is 2.75. The summed E-state index contributed by atoms with van der Waals surface area (Å²) in [6.45, 7) is 5.73. The largest absolute Gasteiger partial charge is 0.383 e. The number of fused-ring (bicyclic) bond motifs is 1. The fraction of sp³-hybridized carbons (Fsp3) is 0.533. The average Bonchev–Trinajstić information content (AvgIpc) is 2.66. The third kappa shape index (κ3) is 2.64. The number of hydrogen-bond acceptors (Lipinski definition) is 4. The first-order valence-electron chi connectivity index (χ1n) is 7.30. The number of benzene rings is 1. The van der Waals surface area contributed by atoms with Crippen LogP contribution in [0.25, 0.3) is 11.0 Å². The van der Waals surface area contributed by atoms with Gasteiger partial charge in [-0.3, -0.25) is 0 Å². The highest BCUT2D eigenvalue weighted by Crippen LogP contribution is 2.23. The number of nitrogens with zero attached hydrogens (tertiary/aromatic N) is 3. The van der Waals surface area contributed by atoms with Gasteiger partial charge in [0.25, 0.3) is 0 Å². The van der Waals surface area contributed by atoms with Crippen LogP contribution in [0.2, 0.25) is 0 Å². The lowest BCUT2D eigenvalue weighted by Gasteiger charge is -2.22. The number of rotatable bonds is 4. The summed E-state index contributed by atoms with van der Waals surface area (Å²) in [5, 5.41) is 3.44. The van der Waals surface area contributed by atoms with Gasteiger partial charge in [-0.1, -0.05) is 12.1 Å². The molecule has 0 amide bonds. The van der Waals surface area contributed by atoms with Crippen LogP contribution >= 0.6 is 0 Å². The van der Waals surface area contributed by atoms with Gasteiger partial charge < -0.3 is 19.5 Å². The van der Waals surface area contributed by atoms with Crippen LogP contribution in [-0.2, 0) is 11.3 Å². The summed E-state index contributed by atoms with van der Waals surface area (Å²) in [7, 11) is 1.74. The first-order chi connectivity index (χ1) is 9.90. The predicted molar refractivity (Wildman–Crippen MR) is 81.3 cm³/mol. The van der Waals surface area contributed by atoms with Crippen molar-refractivity contribution in [3.05, 3.63) is 24.3 Å². The standard InChI is InChI=1S/C15H22N4O/c1-20-12-11-19-14-6-3-2-5-13(14)17-15(19)18-9-4-7-16-8-10-18/h2-3,5-6,16H,4,7-12H2,1H3. The van der Waals surface area contributed by atoms with Gasteiger partial charge in [0.2, 0.25) is 5.95 Å². The molecule has 1 saturated heterocycles. The molecule has 0 radical (unpaired) electrons. The lowest BCUT2D eigenvalue weighted by Crippen LogP contribution is -2.30. The van der Waals surface area contributed by atoms with Crippen molar-refractivity contribution >= 4 is 17.0 Å². The minimum atomic E-state index is 0.708. The smallest absolute Gasteiger partial charge is 0.206 e. The maximum absolute atomic E-state index is 5.25. The highest BCUT2D eigenvalue weighted by Gasteiger charge is 2.17. The van der Waals surface area contributed by atoms with Crippen molar-refractivity contribution in [2.45, 2.75) is 13.0 Å². The lowest BCUT2D eigenvalue weighted by atomic mass is 10.3. The summed E-state index contributed by atoms with van der Waals surface area (Å²) < 4.78 is 7.53. The van der Waals surface area contributed by atoms with Crippen LogP contribution < -0.4 is 10.2 Å². The van der Waals surface area contributed by atoms with Crippen LogP contribution in [0.15, 0.2) is 24.3 Å². The third-order valence-electron chi connectivity index (χ3n) is 3.78. The Kier molecular flexibility index (Phi) is 4.18. The summed E-state index contributed by atoms with van der Waals surface area (Å²) >= 11 is 0. The number of para-hydroxylation sites is 2. The van der Waals surface area contributed by atoms with Gasteiger partial charge in [0, 0.05) is 33.3 Å². The Morgan fingerprint density at radius 1 is 1.25 bits per heavy atom. The Morgan fingerprint density at radius 2 is 2.15 bits per heavy atom. The van der Waals surface area contributed by atoms with Crippen LogP contribution in [0, 0.1) is 0 Å².